The predicted octanol–water partition coefficient (Wildman–Crippen LogP) is 4.77. The Kier molecular flexibility index (Phi) is 7.87. The molecule has 0 saturated heterocycles. The lowest BCUT2D eigenvalue weighted by Crippen LogP contribution is -2.32. The summed E-state index contributed by atoms with van der Waals surface area (Å²) in [6, 6.07) is 14.1. The molecule has 6 heteroatoms. The van der Waals surface area contributed by atoms with E-state index >= 15 is 0 Å². The van der Waals surface area contributed by atoms with Crippen LogP contribution in [0.5, 0.6) is 0 Å². The maximum atomic E-state index is 12.9. The predicted molar refractivity (Wildman–Crippen MR) is 108 cm³/mol. The largest absolute Gasteiger partial charge is 0.465 e. The zero-order valence-corrected chi connectivity index (χ0v) is 17.2. The molecule has 0 aliphatic heterocycles. The van der Waals surface area contributed by atoms with Crippen molar-refractivity contribution in [1.82, 2.24) is 0 Å². The molecule has 0 fully saturated rings. The second-order valence-electron chi connectivity index (χ2n) is 6.47. The molecule has 2 rings (SSSR count). The maximum absolute atomic E-state index is 12.9. The van der Waals surface area contributed by atoms with E-state index in [1.807, 2.05) is 31.2 Å². The summed E-state index contributed by atoms with van der Waals surface area (Å²) in [4.78, 5) is 12.5. The van der Waals surface area contributed by atoms with Gasteiger partial charge in [-0.25, -0.2) is 8.42 Å². The van der Waals surface area contributed by atoms with Crippen molar-refractivity contribution < 1.29 is 17.9 Å². The number of halogens is 1. The number of ether oxygens (including phenoxy) is 1. The fourth-order valence-corrected chi connectivity index (χ4v) is 4.61. The van der Waals surface area contributed by atoms with E-state index in [1.165, 1.54) is 0 Å². The van der Waals surface area contributed by atoms with Gasteiger partial charge in [0.25, 0.3) is 0 Å². The number of carbonyl (C=O) groups excluding carboxylic acids is 1. The smallest absolute Gasteiger partial charge is 0.324 e. The van der Waals surface area contributed by atoms with Crippen molar-refractivity contribution in [1.29, 1.82) is 0 Å². The Morgan fingerprint density at radius 1 is 1.04 bits per heavy atom. The normalized spacial score (nSPS) is 12.6. The van der Waals surface area contributed by atoms with Crippen LogP contribution in [0.2, 0.25) is 5.02 Å². The van der Waals surface area contributed by atoms with Gasteiger partial charge in [-0.3, -0.25) is 4.79 Å². The first-order valence-corrected chi connectivity index (χ1v) is 11.0. The van der Waals surface area contributed by atoms with E-state index < -0.39 is 21.1 Å². The molecule has 1 unspecified atom stereocenters. The highest BCUT2D eigenvalue weighted by Gasteiger charge is 2.34. The zero-order chi connectivity index (χ0) is 19.9. The van der Waals surface area contributed by atoms with Crippen LogP contribution < -0.4 is 0 Å². The maximum Gasteiger partial charge on any atom is 0.324 e. The summed E-state index contributed by atoms with van der Waals surface area (Å²) in [6.07, 6.45) is 2.43. The summed E-state index contributed by atoms with van der Waals surface area (Å²) in [6.45, 7) is 3.72. The van der Waals surface area contributed by atoms with Gasteiger partial charge >= 0.3 is 5.97 Å². The van der Waals surface area contributed by atoms with Crippen molar-refractivity contribution in [2.75, 3.05) is 6.61 Å². The van der Waals surface area contributed by atoms with Crippen LogP contribution in [-0.4, -0.2) is 26.2 Å². The Morgan fingerprint density at radius 2 is 1.67 bits per heavy atom. The number of benzene rings is 2. The minimum atomic E-state index is -3.78. The van der Waals surface area contributed by atoms with Crippen molar-refractivity contribution in [2.24, 2.45) is 0 Å². The fourth-order valence-electron chi connectivity index (χ4n) is 2.84. The minimum Gasteiger partial charge on any atom is -0.465 e. The van der Waals surface area contributed by atoms with Crippen molar-refractivity contribution in [3.05, 3.63) is 64.7 Å². The molecule has 0 radical (unpaired) electrons. The molecule has 0 amide bonds. The van der Waals surface area contributed by atoms with Crippen LogP contribution >= 0.6 is 11.6 Å². The van der Waals surface area contributed by atoms with Crippen molar-refractivity contribution in [2.45, 2.75) is 49.7 Å². The topological polar surface area (TPSA) is 60.4 Å². The van der Waals surface area contributed by atoms with Crippen LogP contribution in [0.25, 0.3) is 0 Å². The number of rotatable bonds is 9. The lowest BCUT2D eigenvalue weighted by atomic mass is 10.1. The Bertz CT molecular complexity index is 843. The molecule has 0 N–H and O–H groups in total. The molecule has 0 aliphatic carbocycles. The molecule has 0 aliphatic rings. The number of hydrogen-bond acceptors (Lipinski definition) is 4. The molecule has 0 aromatic heterocycles. The molecule has 146 valence electrons. The van der Waals surface area contributed by atoms with Gasteiger partial charge < -0.3 is 4.74 Å². The Labute approximate surface area is 166 Å². The van der Waals surface area contributed by atoms with E-state index in [2.05, 4.69) is 0 Å². The number of unbranched alkanes of at least 4 members (excludes halogenated alkanes) is 1. The zero-order valence-electron chi connectivity index (χ0n) is 15.7. The van der Waals surface area contributed by atoms with Crippen LogP contribution in [0.4, 0.5) is 0 Å². The second kappa shape index (κ2) is 9.90. The first kappa shape index (κ1) is 21.5. The summed E-state index contributed by atoms with van der Waals surface area (Å²) < 4.78 is 30.9. The standard InChI is InChI=1S/C21H25ClO4S/c1-3-26-21(23)20(27(24,25)19-14-8-16(2)9-15-19)7-5-4-6-17-10-12-18(22)13-11-17/h8-15,20H,3-7H2,1-2H3. The molecule has 0 spiro atoms. The first-order valence-electron chi connectivity index (χ1n) is 9.06. The second-order valence-corrected chi connectivity index (χ2v) is 9.04. The van der Waals surface area contributed by atoms with E-state index in [4.69, 9.17) is 16.3 Å². The van der Waals surface area contributed by atoms with Crippen LogP contribution in [0, 0.1) is 6.92 Å². The lowest BCUT2D eigenvalue weighted by Gasteiger charge is -2.16. The molecule has 2 aromatic carbocycles. The highest BCUT2D eigenvalue weighted by atomic mass is 35.5. The molecular weight excluding hydrogens is 384 g/mol. The third kappa shape index (κ3) is 6.08. The molecule has 0 saturated carbocycles. The summed E-state index contributed by atoms with van der Waals surface area (Å²) in [5, 5.41) is -0.490. The quantitative estimate of drug-likeness (QED) is 0.443. The molecule has 1 atom stereocenters. The molecule has 27 heavy (non-hydrogen) atoms. The summed E-state index contributed by atoms with van der Waals surface area (Å²) in [5.41, 5.74) is 2.10. The van der Waals surface area contributed by atoms with Gasteiger partial charge in [0.2, 0.25) is 0 Å². The van der Waals surface area contributed by atoms with Crippen molar-refractivity contribution >= 4 is 27.4 Å². The summed E-state index contributed by atoms with van der Waals surface area (Å²) in [5.74, 6) is -0.676. The van der Waals surface area contributed by atoms with Crippen LogP contribution in [-0.2, 0) is 25.8 Å². The fraction of sp³-hybridized carbons (Fsp3) is 0.381. The van der Waals surface area contributed by atoms with Gasteiger partial charge in [0.1, 0.15) is 0 Å². The monoisotopic (exact) mass is 408 g/mol. The Balaban J connectivity index is 2.06. The van der Waals surface area contributed by atoms with Gasteiger partial charge in [-0.1, -0.05) is 47.9 Å². The molecular formula is C21H25ClO4S. The van der Waals surface area contributed by atoms with Crippen LogP contribution in [0.3, 0.4) is 0 Å². The summed E-state index contributed by atoms with van der Waals surface area (Å²) in [7, 11) is -3.78. The molecule has 0 heterocycles. The van der Waals surface area contributed by atoms with E-state index in [0.29, 0.717) is 11.4 Å². The van der Waals surface area contributed by atoms with E-state index in [0.717, 1.165) is 24.0 Å². The highest BCUT2D eigenvalue weighted by molar-refractivity contribution is 7.92. The van der Waals surface area contributed by atoms with Gasteiger partial charge in [0.05, 0.1) is 11.5 Å². The van der Waals surface area contributed by atoms with Crippen LogP contribution in [0.1, 0.15) is 37.3 Å². The lowest BCUT2D eigenvalue weighted by molar-refractivity contribution is -0.142. The number of hydrogen-bond donors (Lipinski definition) is 0. The number of esters is 1. The third-order valence-electron chi connectivity index (χ3n) is 4.37. The number of aryl methyl sites for hydroxylation is 2. The average Bonchev–Trinajstić information content (AvgIpc) is 2.63. The molecule has 2 aromatic rings. The summed E-state index contributed by atoms with van der Waals surface area (Å²) >= 11 is 5.88. The van der Waals surface area contributed by atoms with Gasteiger partial charge in [0, 0.05) is 5.02 Å². The van der Waals surface area contributed by atoms with E-state index in [1.54, 1.807) is 31.2 Å². The average molecular weight is 409 g/mol. The van der Waals surface area contributed by atoms with Gasteiger partial charge in [-0.2, -0.15) is 0 Å². The Morgan fingerprint density at radius 3 is 2.26 bits per heavy atom. The third-order valence-corrected chi connectivity index (χ3v) is 6.73. The minimum absolute atomic E-state index is 0.156. The number of carbonyl (C=O) groups is 1. The Hall–Kier alpha value is -1.85. The van der Waals surface area contributed by atoms with E-state index in [9.17, 15) is 13.2 Å². The van der Waals surface area contributed by atoms with Gasteiger partial charge in [0.15, 0.2) is 15.1 Å². The van der Waals surface area contributed by atoms with Crippen molar-refractivity contribution in [3.8, 4) is 0 Å². The van der Waals surface area contributed by atoms with Crippen molar-refractivity contribution in [3.63, 3.8) is 0 Å². The van der Waals surface area contributed by atoms with E-state index in [-0.39, 0.29) is 17.9 Å². The van der Waals surface area contributed by atoms with Gasteiger partial charge in [-0.15, -0.1) is 0 Å². The molecule has 4 nitrogen and oxygen atoms in total. The number of sulfone groups is 1. The first-order chi connectivity index (χ1) is 12.8. The SMILES string of the molecule is CCOC(=O)C(CCCCc1ccc(Cl)cc1)S(=O)(=O)c1ccc(C)cc1. The highest BCUT2D eigenvalue weighted by Crippen LogP contribution is 2.23. The molecule has 0 bridgehead atoms. The van der Waals surface area contributed by atoms with Gasteiger partial charge in [-0.05, 0) is 62.9 Å². The van der Waals surface area contributed by atoms with Crippen LogP contribution in [0.15, 0.2) is 53.4 Å².